The predicted molar refractivity (Wildman–Crippen MR) is 84.0 cm³/mol. The monoisotopic (exact) mass is 340 g/mol. The van der Waals surface area contributed by atoms with Gasteiger partial charge in [-0.3, -0.25) is 19.0 Å². The average molecular weight is 340 g/mol. The number of carboxylic acids is 1. The van der Waals surface area contributed by atoms with E-state index in [1.54, 1.807) is 0 Å². The van der Waals surface area contributed by atoms with Crippen molar-refractivity contribution in [2.24, 2.45) is 0 Å². The van der Waals surface area contributed by atoms with Crippen LogP contribution >= 0.6 is 0 Å². The number of hydrogen-bond donors (Lipinski definition) is 1. The maximum Gasteiger partial charge on any atom is 0.355 e. The summed E-state index contributed by atoms with van der Waals surface area (Å²) in [6.07, 6.45) is 14.8. The molecule has 0 aromatic rings. The zero-order chi connectivity index (χ0) is 16.7. The highest BCUT2D eigenvalue weighted by molar-refractivity contribution is 5.66. The second-order valence-electron chi connectivity index (χ2n) is 7.57. The fourth-order valence-corrected chi connectivity index (χ4v) is 4.02. The maximum atomic E-state index is 10.4. The molecule has 4 rings (SSSR count). The van der Waals surface area contributed by atoms with Gasteiger partial charge in [-0.05, 0) is 12.8 Å². The second-order valence-corrected chi connectivity index (χ2v) is 7.57. The van der Waals surface area contributed by atoms with Crippen LogP contribution in [0.2, 0.25) is 0 Å². The summed E-state index contributed by atoms with van der Waals surface area (Å²) in [5.74, 6) is -2.32. The molecule has 24 heavy (non-hydrogen) atoms. The lowest BCUT2D eigenvalue weighted by Gasteiger charge is -2.10. The van der Waals surface area contributed by atoms with Crippen LogP contribution in [0.4, 0.5) is 0 Å². The van der Waals surface area contributed by atoms with Gasteiger partial charge in [0.25, 0.3) is 5.79 Å². The van der Waals surface area contributed by atoms with Crippen LogP contribution < -0.4 is 0 Å². The van der Waals surface area contributed by atoms with Crippen LogP contribution in [0.25, 0.3) is 0 Å². The Morgan fingerprint density at radius 2 is 1.33 bits per heavy atom. The topological polar surface area (TPSA) is 84.1 Å². The number of rotatable bonds is 14. The minimum Gasteiger partial charge on any atom is -0.481 e. The third-order valence-corrected chi connectivity index (χ3v) is 5.66. The summed E-state index contributed by atoms with van der Waals surface area (Å²) >= 11 is 0. The van der Waals surface area contributed by atoms with Gasteiger partial charge in [-0.25, -0.2) is 0 Å². The molecule has 1 N–H and O–H groups in total. The van der Waals surface area contributed by atoms with Gasteiger partial charge in [0.05, 0.1) is 0 Å². The molecule has 2 unspecified atom stereocenters. The van der Waals surface area contributed by atoms with Crippen molar-refractivity contribution in [3.8, 4) is 0 Å². The molecule has 4 aliphatic rings. The molecule has 0 aromatic carbocycles. The minimum atomic E-state index is -0.673. The first-order valence-electron chi connectivity index (χ1n) is 9.64. The van der Waals surface area contributed by atoms with Crippen molar-refractivity contribution in [3.05, 3.63) is 0 Å². The van der Waals surface area contributed by atoms with Gasteiger partial charge in [-0.1, -0.05) is 64.2 Å². The maximum absolute atomic E-state index is 10.4. The van der Waals surface area contributed by atoms with Crippen molar-refractivity contribution in [1.29, 1.82) is 0 Å². The minimum absolute atomic E-state index is 0.178. The summed E-state index contributed by atoms with van der Waals surface area (Å²) in [4.78, 5) is 10.4. The Hall–Kier alpha value is -0.690. The number of epoxide rings is 3. The molecule has 4 heterocycles. The van der Waals surface area contributed by atoms with Gasteiger partial charge in [0.2, 0.25) is 0 Å². The number of carboxylic acid groups (broad SMARTS) is 1. The van der Waals surface area contributed by atoms with Crippen molar-refractivity contribution in [2.45, 2.75) is 107 Å². The summed E-state index contributed by atoms with van der Waals surface area (Å²) in [7, 11) is 0. The Balaban J connectivity index is 0.894. The second kappa shape index (κ2) is 6.24. The van der Waals surface area contributed by atoms with Crippen LogP contribution in [0.5, 0.6) is 0 Å². The molecule has 6 heteroatoms. The third kappa shape index (κ3) is 2.77. The fourth-order valence-electron chi connectivity index (χ4n) is 4.02. The average Bonchev–Trinajstić information content (AvgIpc) is 3.40. The molecule has 0 radical (unpaired) electrons. The number of ether oxygens (including phenoxy) is 4. The largest absolute Gasteiger partial charge is 0.481 e. The molecule has 0 saturated carbocycles. The Morgan fingerprint density at radius 1 is 0.792 bits per heavy atom. The van der Waals surface area contributed by atoms with Crippen molar-refractivity contribution >= 4 is 5.97 Å². The van der Waals surface area contributed by atoms with Gasteiger partial charge in [-0.2, -0.15) is 0 Å². The van der Waals surface area contributed by atoms with Gasteiger partial charge in [0, 0.05) is 6.42 Å². The number of carbonyl (C=O) groups is 1. The summed E-state index contributed by atoms with van der Waals surface area (Å²) in [5, 5.41) is 8.55. The van der Waals surface area contributed by atoms with Crippen LogP contribution in [-0.4, -0.2) is 34.7 Å². The predicted octanol–water partition coefficient (Wildman–Crippen LogP) is 3.68. The highest BCUT2D eigenvalue weighted by Gasteiger charge is 3.16. The molecule has 4 saturated heterocycles. The molecule has 0 amide bonds. The van der Waals surface area contributed by atoms with Crippen LogP contribution in [0, 0.1) is 0 Å². The lowest BCUT2D eigenvalue weighted by Crippen LogP contribution is -2.39. The highest BCUT2D eigenvalue weighted by atomic mass is 17.2. The first-order chi connectivity index (χ1) is 11.6. The third-order valence-electron chi connectivity index (χ3n) is 5.66. The smallest absolute Gasteiger partial charge is 0.355 e. The summed E-state index contributed by atoms with van der Waals surface area (Å²) in [6.45, 7) is 0. The van der Waals surface area contributed by atoms with Crippen molar-refractivity contribution in [2.75, 3.05) is 0 Å². The molecule has 0 aromatic heterocycles. The van der Waals surface area contributed by atoms with Crippen molar-refractivity contribution in [1.82, 2.24) is 0 Å². The Labute approximate surface area is 142 Å². The number of aliphatic carboxylic acids is 1. The van der Waals surface area contributed by atoms with Crippen molar-refractivity contribution < 1.29 is 28.8 Å². The molecule has 0 bridgehead atoms. The molecule has 0 aliphatic carbocycles. The van der Waals surface area contributed by atoms with Crippen LogP contribution in [0.15, 0.2) is 0 Å². The Morgan fingerprint density at radius 3 is 1.79 bits per heavy atom. The first-order valence-corrected chi connectivity index (χ1v) is 9.64. The molecule has 136 valence electrons. The number of unbranched alkanes of at least 4 members (excludes halogenated alkanes) is 10. The van der Waals surface area contributed by atoms with E-state index in [9.17, 15) is 4.79 Å². The molecular weight excluding hydrogens is 312 g/mol. The van der Waals surface area contributed by atoms with Gasteiger partial charge in [0.1, 0.15) is 6.10 Å². The zero-order valence-electron chi connectivity index (χ0n) is 14.3. The van der Waals surface area contributed by atoms with Gasteiger partial charge in [-0.15, -0.1) is 0 Å². The Kier molecular flexibility index (Phi) is 4.35. The summed E-state index contributed by atoms with van der Waals surface area (Å²) in [6, 6.07) is 0. The number of hydrogen-bond acceptors (Lipinski definition) is 5. The molecule has 6 nitrogen and oxygen atoms in total. The van der Waals surface area contributed by atoms with E-state index in [-0.39, 0.29) is 6.10 Å². The van der Waals surface area contributed by atoms with E-state index in [0.717, 1.165) is 19.3 Å². The van der Waals surface area contributed by atoms with Crippen LogP contribution in [-0.2, 0) is 23.7 Å². The Bertz CT molecular complexity index is 486. The lowest BCUT2D eigenvalue weighted by atomic mass is 10.0. The zero-order valence-corrected chi connectivity index (χ0v) is 14.3. The van der Waals surface area contributed by atoms with E-state index in [2.05, 4.69) is 0 Å². The lowest BCUT2D eigenvalue weighted by molar-refractivity contribution is -0.166. The fraction of sp³-hybridized carbons (Fsp3) is 0.944. The van der Waals surface area contributed by atoms with Gasteiger partial charge >= 0.3 is 17.7 Å². The van der Waals surface area contributed by atoms with E-state index in [1.165, 1.54) is 57.8 Å². The first kappa shape index (κ1) is 16.8. The SMILES string of the molecule is O=C(O)CCCCCCCCCCCCCC1OC12OC13OC12O3. The molecule has 2 atom stereocenters. The van der Waals surface area contributed by atoms with E-state index in [1.807, 2.05) is 0 Å². The molecule has 1 spiro atoms. The molecular formula is C18H28O6. The van der Waals surface area contributed by atoms with Crippen LogP contribution in [0.3, 0.4) is 0 Å². The quantitative estimate of drug-likeness (QED) is 0.383. The van der Waals surface area contributed by atoms with E-state index in [0.29, 0.717) is 6.42 Å². The van der Waals surface area contributed by atoms with Crippen molar-refractivity contribution in [3.63, 3.8) is 0 Å². The van der Waals surface area contributed by atoms with Crippen LogP contribution in [0.1, 0.15) is 83.5 Å². The molecule has 4 fully saturated rings. The van der Waals surface area contributed by atoms with Gasteiger partial charge in [0.15, 0.2) is 0 Å². The van der Waals surface area contributed by atoms with E-state index in [4.69, 9.17) is 24.1 Å². The van der Waals surface area contributed by atoms with E-state index >= 15 is 0 Å². The summed E-state index contributed by atoms with van der Waals surface area (Å²) in [5.41, 5.74) is 0. The highest BCUT2D eigenvalue weighted by Crippen LogP contribution is 2.88. The van der Waals surface area contributed by atoms with E-state index < -0.39 is 23.5 Å². The summed E-state index contributed by atoms with van der Waals surface area (Å²) < 4.78 is 21.8. The molecule has 4 aliphatic heterocycles. The van der Waals surface area contributed by atoms with Gasteiger partial charge < -0.3 is 9.84 Å². The standard InChI is InChI=1S/C18H28O6/c19-15(20)13-11-9-7-5-3-1-2-4-6-8-10-12-14-16(21-14)17-18(22-16,23-17)24-17/h14H,1-13H2,(H,19,20). The normalized spacial score (nSPS) is 39.9.